The molecule has 2 N–H and O–H groups in total. The molecule has 6 heteroatoms. The number of hydrogen-bond acceptors (Lipinski definition) is 3. The normalized spacial score (nSPS) is 16.7. The lowest BCUT2D eigenvalue weighted by Gasteiger charge is -2.25. The van der Waals surface area contributed by atoms with Gasteiger partial charge in [-0.1, -0.05) is 36.4 Å². The van der Waals surface area contributed by atoms with Crippen LogP contribution in [0.1, 0.15) is 29.3 Å². The molecule has 1 aliphatic rings. The van der Waals surface area contributed by atoms with E-state index >= 15 is 0 Å². The highest BCUT2D eigenvalue weighted by Crippen LogP contribution is 2.47. The molecule has 1 aromatic heterocycles. The van der Waals surface area contributed by atoms with Crippen LogP contribution in [0.2, 0.25) is 0 Å². The average Bonchev–Trinajstić information content (AvgIpc) is 3.24. The summed E-state index contributed by atoms with van der Waals surface area (Å²) < 4.78 is 0. The molecule has 4 nitrogen and oxygen atoms in total. The summed E-state index contributed by atoms with van der Waals surface area (Å²) in [4.78, 5) is 8.02. The molecule has 0 saturated heterocycles. The summed E-state index contributed by atoms with van der Waals surface area (Å²) in [6, 6.07) is 15.5. The van der Waals surface area contributed by atoms with Gasteiger partial charge in [-0.05, 0) is 43.9 Å². The summed E-state index contributed by atoms with van der Waals surface area (Å²) in [6.07, 6.45) is 2.49. The minimum Gasteiger partial charge on any atom is -0.356 e. The van der Waals surface area contributed by atoms with Crippen LogP contribution in [0.15, 0.2) is 52.8 Å². The molecule has 0 amide bonds. The van der Waals surface area contributed by atoms with Crippen molar-refractivity contribution in [2.24, 2.45) is 4.99 Å². The van der Waals surface area contributed by atoms with Gasteiger partial charge in [0.2, 0.25) is 0 Å². The number of nitrogens with zero attached hydrogens (tertiary/aromatic N) is 2. The van der Waals surface area contributed by atoms with Crippen molar-refractivity contribution in [2.45, 2.75) is 24.3 Å². The molecule has 1 aliphatic carbocycles. The van der Waals surface area contributed by atoms with Crippen molar-refractivity contribution in [1.29, 1.82) is 0 Å². The van der Waals surface area contributed by atoms with Crippen molar-refractivity contribution in [3.05, 3.63) is 58.3 Å². The Morgan fingerprint density at radius 3 is 2.42 bits per heavy atom. The van der Waals surface area contributed by atoms with Crippen LogP contribution in [0, 0.1) is 0 Å². The van der Waals surface area contributed by atoms with Crippen molar-refractivity contribution in [2.75, 3.05) is 34.2 Å². The Labute approximate surface area is 178 Å². The van der Waals surface area contributed by atoms with Crippen molar-refractivity contribution >= 4 is 41.3 Å². The third-order valence-corrected chi connectivity index (χ3v) is 5.99. The van der Waals surface area contributed by atoms with E-state index in [-0.39, 0.29) is 29.4 Å². The molecule has 0 bridgehead atoms. The maximum absolute atomic E-state index is 4.40. The van der Waals surface area contributed by atoms with E-state index in [2.05, 4.69) is 82.5 Å². The monoisotopic (exact) mass is 484 g/mol. The van der Waals surface area contributed by atoms with Crippen LogP contribution in [-0.2, 0) is 5.41 Å². The largest absolute Gasteiger partial charge is 0.356 e. The number of likely N-dealkylation sites (N-methyl/N-ethyl adjacent to an activating group) is 1. The third-order valence-electron chi connectivity index (χ3n) is 5.02. The molecule has 1 heterocycles. The quantitative estimate of drug-likeness (QED) is 0.356. The Morgan fingerprint density at radius 1 is 1.15 bits per heavy atom. The first-order chi connectivity index (χ1) is 12.1. The second-order valence-electron chi connectivity index (χ2n) is 6.95. The van der Waals surface area contributed by atoms with E-state index < -0.39 is 0 Å². The number of guanidine groups is 1. The van der Waals surface area contributed by atoms with Gasteiger partial charge < -0.3 is 15.5 Å². The topological polar surface area (TPSA) is 39.7 Å². The second kappa shape index (κ2) is 9.71. The SMILES string of the molecule is CN=C(NCC(c1cccs1)N(C)C)NCC1(c2ccccc2)CC1.I. The lowest BCUT2D eigenvalue weighted by molar-refractivity contribution is 0.302. The van der Waals surface area contributed by atoms with Gasteiger partial charge >= 0.3 is 0 Å². The summed E-state index contributed by atoms with van der Waals surface area (Å²) >= 11 is 1.80. The van der Waals surface area contributed by atoms with Gasteiger partial charge in [-0.15, -0.1) is 35.3 Å². The standard InChI is InChI=1S/C20H28N4S.HI/c1-21-19(22-14-17(24(2)3)18-10-7-13-25-18)23-15-20(11-12-20)16-8-5-4-6-9-16;/h4-10,13,17H,11-12,14-15H2,1-3H3,(H2,21,22,23);1H. The predicted molar refractivity (Wildman–Crippen MR) is 123 cm³/mol. The highest BCUT2D eigenvalue weighted by Gasteiger charge is 2.44. The Morgan fingerprint density at radius 2 is 1.88 bits per heavy atom. The lowest BCUT2D eigenvalue weighted by atomic mass is 9.96. The van der Waals surface area contributed by atoms with Crippen molar-refractivity contribution in [3.63, 3.8) is 0 Å². The summed E-state index contributed by atoms with van der Waals surface area (Å²) in [5.74, 6) is 0.880. The number of halogens is 1. The summed E-state index contributed by atoms with van der Waals surface area (Å²) in [5.41, 5.74) is 1.72. The van der Waals surface area contributed by atoms with Crippen LogP contribution >= 0.6 is 35.3 Å². The molecule has 3 rings (SSSR count). The molecule has 0 radical (unpaired) electrons. The highest BCUT2D eigenvalue weighted by atomic mass is 127. The molecule has 1 unspecified atom stereocenters. The van der Waals surface area contributed by atoms with Gasteiger partial charge in [-0.25, -0.2) is 0 Å². The van der Waals surface area contributed by atoms with Crippen LogP contribution in [0.25, 0.3) is 0 Å². The van der Waals surface area contributed by atoms with E-state index in [1.807, 2.05) is 7.05 Å². The number of thiophene rings is 1. The number of hydrogen-bond donors (Lipinski definition) is 2. The van der Waals surface area contributed by atoms with Gasteiger partial charge in [0.05, 0.1) is 6.04 Å². The fourth-order valence-corrected chi connectivity index (χ4v) is 4.12. The van der Waals surface area contributed by atoms with E-state index in [1.165, 1.54) is 23.3 Å². The first kappa shape index (κ1) is 21.2. The maximum Gasteiger partial charge on any atom is 0.191 e. The summed E-state index contributed by atoms with van der Waals surface area (Å²) in [7, 11) is 6.08. The van der Waals surface area contributed by atoms with Gasteiger partial charge in [0.1, 0.15) is 0 Å². The molecule has 0 spiro atoms. The van der Waals surface area contributed by atoms with Gasteiger partial charge in [0.25, 0.3) is 0 Å². The number of rotatable bonds is 7. The second-order valence-corrected chi connectivity index (χ2v) is 7.93. The van der Waals surface area contributed by atoms with E-state index in [0.29, 0.717) is 6.04 Å². The van der Waals surface area contributed by atoms with Gasteiger partial charge in [-0.2, -0.15) is 0 Å². The predicted octanol–water partition coefficient (Wildman–Crippen LogP) is 3.87. The summed E-state index contributed by atoms with van der Waals surface area (Å²) in [5, 5.41) is 9.16. The van der Waals surface area contributed by atoms with Gasteiger partial charge in [0.15, 0.2) is 5.96 Å². The van der Waals surface area contributed by atoms with Crippen molar-refractivity contribution in [3.8, 4) is 0 Å². The first-order valence-electron chi connectivity index (χ1n) is 8.84. The smallest absolute Gasteiger partial charge is 0.191 e. The van der Waals surface area contributed by atoms with Crippen LogP contribution < -0.4 is 10.6 Å². The zero-order chi connectivity index (χ0) is 17.7. The number of benzene rings is 1. The summed E-state index contributed by atoms with van der Waals surface area (Å²) in [6.45, 7) is 1.77. The van der Waals surface area contributed by atoms with Crippen LogP contribution in [-0.4, -0.2) is 45.1 Å². The molecule has 2 aromatic rings. The molecular formula is C20H29IN4S. The third kappa shape index (κ3) is 5.20. The van der Waals surface area contributed by atoms with Gasteiger partial charge in [-0.3, -0.25) is 4.99 Å². The van der Waals surface area contributed by atoms with E-state index in [0.717, 1.165) is 19.0 Å². The van der Waals surface area contributed by atoms with Crippen LogP contribution in [0.5, 0.6) is 0 Å². The maximum atomic E-state index is 4.40. The molecule has 1 fully saturated rings. The Balaban J connectivity index is 0.00000243. The van der Waals surface area contributed by atoms with E-state index in [1.54, 1.807) is 11.3 Å². The van der Waals surface area contributed by atoms with E-state index in [9.17, 15) is 0 Å². The molecule has 26 heavy (non-hydrogen) atoms. The molecule has 142 valence electrons. The Bertz CT molecular complexity index is 681. The zero-order valence-electron chi connectivity index (χ0n) is 15.7. The minimum absolute atomic E-state index is 0. The number of aliphatic imine (C=N–C) groups is 1. The molecule has 1 atom stereocenters. The average molecular weight is 484 g/mol. The van der Waals surface area contributed by atoms with Crippen LogP contribution in [0.4, 0.5) is 0 Å². The van der Waals surface area contributed by atoms with E-state index in [4.69, 9.17) is 0 Å². The fraction of sp³-hybridized carbons (Fsp3) is 0.450. The first-order valence-corrected chi connectivity index (χ1v) is 9.72. The minimum atomic E-state index is 0. The molecular weight excluding hydrogens is 455 g/mol. The van der Waals surface area contributed by atoms with Crippen LogP contribution in [0.3, 0.4) is 0 Å². The highest BCUT2D eigenvalue weighted by molar-refractivity contribution is 14.0. The Kier molecular flexibility index (Phi) is 7.91. The lowest BCUT2D eigenvalue weighted by Crippen LogP contribution is -2.44. The molecule has 1 aromatic carbocycles. The molecule has 0 aliphatic heterocycles. The van der Waals surface area contributed by atoms with Crippen molar-refractivity contribution < 1.29 is 0 Å². The zero-order valence-corrected chi connectivity index (χ0v) is 18.9. The van der Waals surface area contributed by atoms with Gasteiger partial charge in [0, 0.05) is 30.4 Å². The fourth-order valence-electron chi connectivity index (χ4n) is 3.20. The Hall–Kier alpha value is -1.12. The molecule has 1 saturated carbocycles. The number of nitrogens with one attached hydrogen (secondary N) is 2. The van der Waals surface area contributed by atoms with Crippen molar-refractivity contribution in [1.82, 2.24) is 15.5 Å².